The molecule has 0 saturated carbocycles. The average molecular weight is 263 g/mol. The fourth-order valence-corrected chi connectivity index (χ4v) is 1.72. The number of rotatable bonds is 2. The van der Waals surface area contributed by atoms with Crippen LogP contribution in [0.4, 0.5) is 15.3 Å². The molecule has 98 valence electrons. The molecule has 0 aliphatic rings. The molecule has 0 heterocycles. The van der Waals surface area contributed by atoms with Crippen molar-refractivity contribution < 1.29 is 29.3 Å². The van der Waals surface area contributed by atoms with Gasteiger partial charge in [-0.25, -0.2) is 9.59 Å². The maximum Gasteiger partial charge on any atom is 0.511 e. The molecule has 0 atom stereocenters. The maximum absolute atomic E-state index is 10.6. The number of carbonyl (C=O) groups is 2. The predicted octanol–water partition coefficient (Wildman–Crippen LogP) is 2.54. The molecular weight excluding hydrogens is 254 g/mol. The van der Waals surface area contributed by atoms with Crippen molar-refractivity contribution in [2.45, 2.75) is 0 Å². The zero-order valence-electron chi connectivity index (χ0n) is 9.49. The van der Waals surface area contributed by atoms with Gasteiger partial charge in [0, 0.05) is 11.1 Å². The van der Waals surface area contributed by atoms with E-state index in [1.807, 2.05) is 0 Å². The highest BCUT2D eigenvalue weighted by atomic mass is 16.7. The normalized spacial score (nSPS) is 10.1. The second kappa shape index (κ2) is 4.73. The van der Waals surface area contributed by atoms with Gasteiger partial charge in [0.2, 0.25) is 0 Å². The van der Waals surface area contributed by atoms with Gasteiger partial charge in [-0.2, -0.15) is 0 Å². The summed E-state index contributed by atoms with van der Waals surface area (Å²) in [4.78, 5) is 21.2. The zero-order chi connectivity index (χ0) is 14.0. The van der Waals surface area contributed by atoms with Crippen LogP contribution in [0.2, 0.25) is 0 Å². The zero-order valence-corrected chi connectivity index (χ0v) is 9.49. The van der Waals surface area contributed by atoms with E-state index in [1.165, 1.54) is 18.2 Å². The highest BCUT2D eigenvalue weighted by Crippen LogP contribution is 2.37. The summed E-state index contributed by atoms with van der Waals surface area (Å²) in [5, 5.41) is 17.9. The second-order valence-corrected chi connectivity index (χ2v) is 3.57. The number of nitrogen functional groups attached to an aromatic ring is 1. The molecule has 7 heteroatoms. The molecule has 0 amide bonds. The largest absolute Gasteiger partial charge is 0.511 e. The first-order valence-corrected chi connectivity index (χ1v) is 5.12. The summed E-state index contributed by atoms with van der Waals surface area (Å²) < 4.78 is 9.19. The van der Waals surface area contributed by atoms with Crippen LogP contribution in [-0.2, 0) is 0 Å². The van der Waals surface area contributed by atoms with Gasteiger partial charge in [0.05, 0.1) is 5.39 Å². The van der Waals surface area contributed by atoms with Gasteiger partial charge in [0.15, 0.2) is 0 Å². The van der Waals surface area contributed by atoms with E-state index < -0.39 is 12.3 Å². The van der Waals surface area contributed by atoms with Crippen molar-refractivity contribution in [3.05, 3.63) is 30.3 Å². The summed E-state index contributed by atoms with van der Waals surface area (Å²) in [6, 6.07) is 7.33. The molecule has 0 aliphatic heterocycles. The molecule has 0 radical (unpaired) electrons. The SMILES string of the molecule is Nc1ccc(OC(=O)O)c2c(OC(=O)O)cccc12. The van der Waals surface area contributed by atoms with E-state index in [9.17, 15) is 9.59 Å². The first-order chi connectivity index (χ1) is 8.99. The third-order valence-corrected chi connectivity index (χ3v) is 2.39. The number of anilines is 1. The lowest BCUT2D eigenvalue weighted by Crippen LogP contribution is -2.07. The fourth-order valence-electron chi connectivity index (χ4n) is 1.72. The molecule has 0 aromatic heterocycles. The Hall–Kier alpha value is -2.96. The van der Waals surface area contributed by atoms with Crippen LogP contribution in [0.3, 0.4) is 0 Å². The minimum absolute atomic E-state index is 0.0476. The Bertz CT molecular complexity index is 644. The summed E-state index contributed by atoms with van der Waals surface area (Å²) in [6.45, 7) is 0. The molecule has 0 saturated heterocycles. The van der Waals surface area contributed by atoms with Crippen molar-refractivity contribution in [3.63, 3.8) is 0 Å². The van der Waals surface area contributed by atoms with Gasteiger partial charge in [-0.05, 0) is 18.2 Å². The quantitative estimate of drug-likeness (QED) is 0.432. The van der Waals surface area contributed by atoms with Crippen molar-refractivity contribution in [1.82, 2.24) is 0 Å². The highest BCUT2D eigenvalue weighted by Gasteiger charge is 2.15. The van der Waals surface area contributed by atoms with E-state index in [0.717, 1.165) is 0 Å². The van der Waals surface area contributed by atoms with Gasteiger partial charge in [0.25, 0.3) is 0 Å². The number of hydrogen-bond acceptors (Lipinski definition) is 5. The van der Waals surface area contributed by atoms with Crippen LogP contribution in [0, 0.1) is 0 Å². The monoisotopic (exact) mass is 263 g/mol. The van der Waals surface area contributed by atoms with Crippen LogP contribution >= 0.6 is 0 Å². The standard InChI is InChI=1S/C12H9NO6/c13-7-4-5-9(19-12(16)17)10-6(7)2-1-3-8(10)18-11(14)15/h1-5H,13H2,(H,14,15)(H,16,17). The summed E-state index contributed by atoms with van der Waals surface area (Å²) in [7, 11) is 0. The number of ether oxygens (including phenoxy) is 2. The highest BCUT2D eigenvalue weighted by molar-refractivity contribution is 6.02. The molecule has 0 unspecified atom stereocenters. The van der Waals surface area contributed by atoms with Gasteiger partial charge in [-0.15, -0.1) is 0 Å². The molecule has 0 aliphatic carbocycles. The van der Waals surface area contributed by atoms with Gasteiger partial charge >= 0.3 is 12.3 Å². The molecule has 2 rings (SSSR count). The number of carboxylic acid groups (broad SMARTS) is 2. The lowest BCUT2D eigenvalue weighted by molar-refractivity contribution is 0.144. The first-order valence-electron chi connectivity index (χ1n) is 5.12. The third kappa shape index (κ3) is 2.49. The van der Waals surface area contributed by atoms with Gasteiger partial charge in [0.1, 0.15) is 11.5 Å². The topological polar surface area (TPSA) is 119 Å². The Morgan fingerprint density at radius 1 is 0.947 bits per heavy atom. The van der Waals surface area contributed by atoms with Crippen molar-refractivity contribution in [1.29, 1.82) is 0 Å². The molecule has 7 nitrogen and oxygen atoms in total. The average Bonchev–Trinajstić information content (AvgIpc) is 2.32. The molecule has 0 bridgehead atoms. The Balaban J connectivity index is 2.71. The third-order valence-electron chi connectivity index (χ3n) is 2.39. The van der Waals surface area contributed by atoms with Crippen LogP contribution < -0.4 is 15.2 Å². The molecule has 4 N–H and O–H groups in total. The lowest BCUT2D eigenvalue weighted by Gasteiger charge is -2.10. The Kier molecular flexibility index (Phi) is 3.11. The van der Waals surface area contributed by atoms with Crippen LogP contribution in [0.5, 0.6) is 11.5 Å². The van der Waals surface area contributed by atoms with Crippen LogP contribution in [0.15, 0.2) is 30.3 Å². The van der Waals surface area contributed by atoms with Gasteiger partial charge in [-0.1, -0.05) is 12.1 Å². The molecule has 2 aromatic carbocycles. The number of fused-ring (bicyclic) bond motifs is 1. The molecule has 0 fully saturated rings. The predicted molar refractivity (Wildman–Crippen MR) is 65.7 cm³/mol. The number of nitrogens with two attached hydrogens (primary N) is 1. The fraction of sp³-hybridized carbons (Fsp3) is 0. The number of benzene rings is 2. The molecule has 19 heavy (non-hydrogen) atoms. The van der Waals surface area contributed by atoms with Crippen molar-refractivity contribution in [2.75, 3.05) is 5.73 Å². The van der Waals surface area contributed by atoms with E-state index in [1.54, 1.807) is 12.1 Å². The van der Waals surface area contributed by atoms with E-state index in [-0.39, 0.29) is 16.9 Å². The summed E-state index contributed by atoms with van der Waals surface area (Å²) >= 11 is 0. The van der Waals surface area contributed by atoms with Gasteiger partial charge in [-0.3, -0.25) is 0 Å². The Morgan fingerprint density at radius 3 is 2.11 bits per heavy atom. The van der Waals surface area contributed by atoms with Crippen LogP contribution in [0.1, 0.15) is 0 Å². The maximum atomic E-state index is 10.6. The molecule has 0 spiro atoms. The van der Waals surface area contributed by atoms with E-state index >= 15 is 0 Å². The Labute approximate surface area is 106 Å². The molecule has 2 aromatic rings. The summed E-state index contributed by atoms with van der Waals surface area (Å²) in [6.07, 6.45) is -3.03. The first kappa shape index (κ1) is 12.5. The minimum Gasteiger partial charge on any atom is -0.449 e. The summed E-state index contributed by atoms with van der Waals surface area (Å²) in [5.41, 5.74) is 6.10. The van der Waals surface area contributed by atoms with Crippen LogP contribution in [-0.4, -0.2) is 22.5 Å². The van der Waals surface area contributed by atoms with Crippen molar-refractivity contribution >= 4 is 28.8 Å². The minimum atomic E-state index is -1.52. The van der Waals surface area contributed by atoms with E-state index in [2.05, 4.69) is 9.47 Å². The van der Waals surface area contributed by atoms with Crippen molar-refractivity contribution in [2.24, 2.45) is 0 Å². The summed E-state index contributed by atoms with van der Waals surface area (Å²) in [5.74, 6) is -0.0953. The van der Waals surface area contributed by atoms with Gasteiger partial charge < -0.3 is 25.4 Å². The smallest absolute Gasteiger partial charge is 0.449 e. The van der Waals surface area contributed by atoms with E-state index in [0.29, 0.717) is 11.1 Å². The second-order valence-electron chi connectivity index (χ2n) is 3.57. The van der Waals surface area contributed by atoms with Crippen LogP contribution in [0.25, 0.3) is 10.8 Å². The Morgan fingerprint density at radius 2 is 1.53 bits per heavy atom. The van der Waals surface area contributed by atoms with E-state index in [4.69, 9.17) is 15.9 Å². The molecular formula is C12H9NO6. The lowest BCUT2D eigenvalue weighted by atomic mass is 10.1. The van der Waals surface area contributed by atoms with Crippen molar-refractivity contribution in [3.8, 4) is 11.5 Å². The number of hydrogen-bond donors (Lipinski definition) is 3.